The van der Waals surface area contributed by atoms with Gasteiger partial charge in [0.1, 0.15) is 16.5 Å². The molecule has 4 aromatic rings. The number of rotatable bonds is 8. The predicted octanol–water partition coefficient (Wildman–Crippen LogP) is 7.01. The fraction of sp³-hybridized carbons (Fsp3) is 0.323. The zero-order valence-corrected chi connectivity index (χ0v) is 24.7. The van der Waals surface area contributed by atoms with Crippen LogP contribution in [0.4, 0.5) is 5.95 Å². The minimum Gasteiger partial charge on any atom is -0.496 e. The Morgan fingerprint density at radius 2 is 1.85 bits per heavy atom. The van der Waals surface area contributed by atoms with Crippen LogP contribution in [0.15, 0.2) is 73.6 Å². The molecule has 39 heavy (non-hydrogen) atoms. The number of fused-ring (bicyclic) bond motifs is 1. The quantitative estimate of drug-likeness (QED) is 0.188. The van der Waals surface area contributed by atoms with E-state index in [0.29, 0.717) is 17.3 Å². The first-order chi connectivity index (χ1) is 18.7. The Labute approximate surface area is 238 Å². The number of ether oxygens (including phenoxy) is 1. The van der Waals surface area contributed by atoms with E-state index in [9.17, 15) is 0 Å². The molecule has 0 fully saturated rings. The Bertz CT molecular complexity index is 1350. The zero-order chi connectivity index (χ0) is 28.8. The largest absolute Gasteiger partial charge is 0.496 e. The van der Waals surface area contributed by atoms with Crippen molar-refractivity contribution in [2.24, 2.45) is 0 Å². The predicted molar refractivity (Wildman–Crippen MR) is 164 cm³/mol. The number of methoxy groups -OCH3 is 1. The molecule has 2 N–H and O–H groups in total. The SMILES string of the molecule is C/C=C/CN(C)Cc1ccccc1.C=CCC.COc1c(C)cnc(Cn2ccc3c(Cl)nc(N)nc32)c1C. The monoisotopic (exact) mass is 548 g/mol. The number of aryl methyl sites for hydroxylation is 1. The maximum atomic E-state index is 6.10. The van der Waals surface area contributed by atoms with Crippen molar-refractivity contribution in [3.8, 4) is 5.75 Å². The maximum absolute atomic E-state index is 6.10. The van der Waals surface area contributed by atoms with Crippen LogP contribution >= 0.6 is 11.6 Å². The third kappa shape index (κ3) is 9.53. The summed E-state index contributed by atoms with van der Waals surface area (Å²) in [5, 5.41) is 1.13. The van der Waals surface area contributed by atoms with Crippen molar-refractivity contribution in [2.45, 2.75) is 47.2 Å². The molecule has 0 aliphatic rings. The van der Waals surface area contributed by atoms with Gasteiger partial charge in [-0.25, -0.2) is 4.98 Å². The average Bonchev–Trinajstić information content (AvgIpc) is 3.33. The van der Waals surface area contributed by atoms with Crippen LogP contribution in [-0.2, 0) is 13.1 Å². The molecule has 4 rings (SSSR count). The van der Waals surface area contributed by atoms with Gasteiger partial charge in [0.25, 0.3) is 0 Å². The van der Waals surface area contributed by atoms with Gasteiger partial charge in [0.05, 0.1) is 24.7 Å². The number of allylic oxidation sites excluding steroid dienone is 2. The molecule has 3 heterocycles. The molecule has 0 bridgehead atoms. The summed E-state index contributed by atoms with van der Waals surface area (Å²) >= 11 is 6.10. The van der Waals surface area contributed by atoms with Crippen LogP contribution < -0.4 is 10.5 Å². The number of nitrogens with zero attached hydrogens (tertiary/aromatic N) is 5. The van der Waals surface area contributed by atoms with Crippen molar-refractivity contribution in [3.63, 3.8) is 0 Å². The molecule has 0 atom stereocenters. The minimum absolute atomic E-state index is 0.156. The molecule has 0 saturated heterocycles. The number of hydrogen-bond acceptors (Lipinski definition) is 6. The highest BCUT2D eigenvalue weighted by Gasteiger charge is 2.13. The van der Waals surface area contributed by atoms with E-state index in [1.807, 2.05) is 43.0 Å². The lowest BCUT2D eigenvalue weighted by Crippen LogP contribution is -2.17. The van der Waals surface area contributed by atoms with Gasteiger partial charge in [-0.3, -0.25) is 9.88 Å². The highest BCUT2D eigenvalue weighted by Crippen LogP contribution is 2.27. The molecule has 0 radical (unpaired) electrons. The number of anilines is 1. The van der Waals surface area contributed by atoms with Crippen LogP contribution in [-0.4, -0.2) is 45.1 Å². The molecule has 0 spiro atoms. The maximum Gasteiger partial charge on any atom is 0.223 e. The smallest absolute Gasteiger partial charge is 0.223 e. The average molecular weight is 549 g/mol. The summed E-state index contributed by atoms with van der Waals surface area (Å²) in [6.45, 7) is 14.2. The molecule has 7 nitrogen and oxygen atoms in total. The molecule has 3 aromatic heterocycles. The minimum atomic E-state index is 0.156. The van der Waals surface area contributed by atoms with E-state index in [2.05, 4.69) is 89.8 Å². The number of hydrogen-bond donors (Lipinski definition) is 1. The molecule has 208 valence electrons. The number of halogens is 1. The van der Waals surface area contributed by atoms with Crippen LogP contribution in [0.1, 0.15) is 42.7 Å². The first kappa shape index (κ1) is 31.5. The second-order valence-corrected chi connectivity index (χ2v) is 9.41. The van der Waals surface area contributed by atoms with Gasteiger partial charge in [-0.2, -0.15) is 4.98 Å². The van der Waals surface area contributed by atoms with Gasteiger partial charge in [0.15, 0.2) is 0 Å². The first-order valence-corrected chi connectivity index (χ1v) is 13.3. The highest BCUT2D eigenvalue weighted by molar-refractivity contribution is 6.34. The Morgan fingerprint density at radius 1 is 1.15 bits per heavy atom. The Balaban J connectivity index is 0.000000266. The van der Waals surface area contributed by atoms with Crippen LogP contribution in [0.3, 0.4) is 0 Å². The summed E-state index contributed by atoms with van der Waals surface area (Å²) in [5.41, 5.74) is 10.7. The molecule has 0 amide bonds. The molecular formula is C31H41ClN6O. The van der Waals surface area contributed by atoms with E-state index in [4.69, 9.17) is 22.1 Å². The summed E-state index contributed by atoms with van der Waals surface area (Å²) in [4.78, 5) is 15.0. The van der Waals surface area contributed by atoms with Crippen molar-refractivity contribution in [2.75, 3.05) is 26.4 Å². The summed E-state index contributed by atoms with van der Waals surface area (Å²) < 4.78 is 7.39. The van der Waals surface area contributed by atoms with E-state index < -0.39 is 0 Å². The lowest BCUT2D eigenvalue weighted by atomic mass is 10.1. The van der Waals surface area contributed by atoms with Crippen molar-refractivity contribution in [3.05, 3.63) is 101 Å². The number of aromatic nitrogens is 4. The first-order valence-electron chi connectivity index (χ1n) is 13.0. The van der Waals surface area contributed by atoms with Crippen LogP contribution in [0.2, 0.25) is 5.15 Å². The number of nitrogen functional groups attached to an aromatic ring is 1. The number of nitrogens with two attached hydrogens (primary N) is 1. The summed E-state index contributed by atoms with van der Waals surface area (Å²) in [5.74, 6) is 1.01. The lowest BCUT2D eigenvalue weighted by molar-refractivity contribution is 0.363. The number of likely N-dealkylation sites (N-methyl/N-ethyl adjacent to an activating group) is 1. The van der Waals surface area contributed by atoms with Gasteiger partial charge in [0, 0.05) is 36.6 Å². The molecule has 8 heteroatoms. The Hall–Kier alpha value is -3.68. The van der Waals surface area contributed by atoms with Crippen molar-refractivity contribution in [1.82, 2.24) is 24.4 Å². The molecule has 0 saturated carbocycles. The van der Waals surface area contributed by atoms with Crippen LogP contribution in [0.25, 0.3) is 11.0 Å². The summed E-state index contributed by atoms with van der Waals surface area (Å²) in [7, 11) is 3.80. The Morgan fingerprint density at radius 3 is 2.46 bits per heavy atom. The van der Waals surface area contributed by atoms with Crippen molar-refractivity contribution < 1.29 is 4.74 Å². The lowest BCUT2D eigenvalue weighted by Gasteiger charge is -2.13. The summed E-state index contributed by atoms with van der Waals surface area (Å²) in [6, 6.07) is 12.4. The van der Waals surface area contributed by atoms with Crippen LogP contribution in [0.5, 0.6) is 5.75 Å². The van der Waals surface area contributed by atoms with E-state index >= 15 is 0 Å². The van der Waals surface area contributed by atoms with E-state index in [0.717, 1.165) is 47.5 Å². The van der Waals surface area contributed by atoms with Gasteiger partial charge >= 0.3 is 0 Å². The normalized spacial score (nSPS) is 10.7. The fourth-order valence-corrected chi connectivity index (χ4v) is 4.04. The van der Waals surface area contributed by atoms with Crippen molar-refractivity contribution >= 4 is 28.6 Å². The van der Waals surface area contributed by atoms with Gasteiger partial charge in [-0.1, -0.05) is 67.1 Å². The molecular weight excluding hydrogens is 508 g/mol. The van der Waals surface area contributed by atoms with E-state index in [1.165, 1.54) is 5.56 Å². The molecule has 0 unspecified atom stereocenters. The third-order valence-electron chi connectivity index (χ3n) is 5.90. The Kier molecular flexibility index (Phi) is 13.2. The topological polar surface area (TPSA) is 82.1 Å². The second-order valence-electron chi connectivity index (χ2n) is 9.05. The zero-order valence-electron chi connectivity index (χ0n) is 24.0. The molecule has 0 aliphatic carbocycles. The highest BCUT2D eigenvalue weighted by atomic mass is 35.5. The van der Waals surface area contributed by atoms with Gasteiger partial charge in [0.2, 0.25) is 5.95 Å². The van der Waals surface area contributed by atoms with Gasteiger partial charge in [-0.15, -0.1) is 6.58 Å². The van der Waals surface area contributed by atoms with Gasteiger partial charge < -0.3 is 15.0 Å². The molecule has 0 aliphatic heterocycles. The fourth-order valence-electron chi connectivity index (χ4n) is 3.81. The number of pyridine rings is 1. The number of benzene rings is 1. The summed E-state index contributed by atoms with van der Waals surface area (Å²) in [6.07, 6.45) is 10.9. The molecule has 1 aromatic carbocycles. The van der Waals surface area contributed by atoms with Gasteiger partial charge in [-0.05, 0) is 45.9 Å². The van der Waals surface area contributed by atoms with Crippen LogP contribution in [0, 0.1) is 13.8 Å². The second kappa shape index (κ2) is 16.3. The van der Waals surface area contributed by atoms with E-state index in [-0.39, 0.29) is 5.95 Å². The standard InChI is InChI=1S/C15H16ClN5O.C12H17N.C4H8/c1-8-6-18-11(9(2)12(8)22-3)7-21-5-4-10-13(16)19-15(17)20-14(10)21;1-3-4-10-13(2)11-12-8-6-5-7-9-12;1-3-4-2/h4-6H,7H2,1-3H3,(H2,17,19,20);3-9H,10-11H2,1-2H3;3H,1,4H2,2H3/b;4-3+;. The van der Waals surface area contributed by atoms with Crippen molar-refractivity contribution in [1.29, 1.82) is 0 Å². The third-order valence-corrected chi connectivity index (χ3v) is 6.18. The van der Waals surface area contributed by atoms with E-state index in [1.54, 1.807) is 7.11 Å².